The second-order valence-corrected chi connectivity index (χ2v) is 3.75. The summed E-state index contributed by atoms with van der Waals surface area (Å²) in [5.41, 5.74) is 6.35. The van der Waals surface area contributed by atoms with E-state index in [1.807, 2.05) is 0 Å². The number of halogens is 2. The van der Waals surface area contributed by atoms with E-state index in [0.717, 1.165) is 11.6 Å². The first kappa shape index (κ1) is 12.6. The van der Waals surface area contributed by atoms with Crippen molar-refractivity contribution in [3.8, 4) is 5.75 Å². The first-order valence-electron chi connectivity index (χ1n) is 4.89. The molecule has 0 aromatic heterocycles. The maximum atomic E-state index is 13.8. The molecule has 0 saturated heterocycles. The number of ether oxygens (including phenoxy) is 1. The second-order valence-electron chi connectivity index (χ2n) is 3.75. The van der Waals surface area contributed by atoms with E-state index in [1.54, 1.807) is 6.92 Å². The molecular formula is C12H15F2NO. The van der Waals surface area contributed by atoms with Crippen molar-refractivity contribution < 1.29 is 13.5 Å². The van der Waals surface area contributed by atoms with Crippen LogP contribution in [-0.2, 0) is 0 Å². The van der Waals surface area contributed by atoms with Crippen LogP contribution in [-0.4, -0.2) is 7.11 Å². The highest BCUT2D eigenvalue weighted by Gasteiger charge is 2.20. The minimum atomic E-state index is -0.743. The molecule has 1 aromatic rings. The van der Waals surface area contributed by atoms with Gasteiger partial charge in [0.25, 0.3) is 0 Å². The topological polar surface area (TPSA) is 35.2 Å². The maximum Gasteiger partial charge on any atom is 0.172 e. The fourth-order valence-electron chi connectivity index (χ4n) is 1.52. The number of nitrogens with two attached hydrogens (primary N) is 1. The molecule has 2 N–H and O–H groups in total. The summed E-state index contributed by atoms with van der Waals surface area (Å²) in [6, 6.07) is 1.64. The molecule has 0 aliphatic heterocycles. The van der Waals surface area contributed by atoms with Crippen molar-refractivity contribution in [3.05, 3.63) is 41.5 Å². The smallest absolute Gasteiger partial charge is 0.172 e. The molecule has 0 spiro atoms. The lowest BCUT2D eigenvalue weighted by molar-refractivity contribution is 0.377. The van der Waals surface area contributed by atoms with Crippen LogP contribution in [0.2, 0.25) is 0 Å². The summed E-state index contributed by atoms with van der Waals surface area (Å²) in [5.74, 6) is -1.41. The van der Waals surface area contributed by atoms with Gasteiger partial charge in [0.1, 0.15) is 5.82 Å². The zero-order valence-corrected chi connectivity index (χ0v) is 9.39. The quantitative estimate of drug-likeness (QED) is 0.802. The minimum absolute atomic E-state index is 0.00596. The fraction of sp³-hybridized carbons (Fsp3) is 0.333. The van der Waals surface area contributed by atoms with Crippen molar-refractivity contribution in [3.63, 3.8) is 0 Å². The van der Waals surface area contributed by atoms with Crippen LogP contribution in [0.5, 0.6) is 5.75 Å². The lowest BCUT2D eigenvalue weighted by Gasteiger charge is -2.15. The van der Waals surface area contributed by atoms with Gasteiger partial charge in [-0.3, -0.25) is 0 Å². The first-order chi connectivity index (χ1) is 7.47. The monoisotopic (exact) mass is 227 g/mol. The Kier molecular flexibility index (Phi) is 4.01. The molecule has 88 valence electrons. The number of hydrogen-bond acceptors (Lipinski definition) is 2. The van der Waals surface area contributed by atoms with E-state index in [4.69, 9.17) is 10.5 Å². The molecule has 0 aliphatic rings. The van der Waals surface area contributed by atoms with Crippen molar-refractivity contribution in [2.24, 2.45) is 5.73 Å². The van der Waals surface area contributed by atoms with Crippen LogP contribution in [0.3, 0.4) is 0 Å². The van der Waals surface area contributed by atoms with E-state index < -0.39 is 17.7 Å². The Morgan fingerprint density at radius 1 is 1.50 bits per heavy atom. The minimum Gasteiger partial charge on any atom is -0.494 e. The van der Waals surface area contributed by atoms with Crippen LogP contribution >= 0.6 is 0 Å². The van der Waals surface area contributed by atoms with Gasteiger partial charge in [0.15, 0.2) is 11.6 Å². The van der Waals surface area contributed by atoms with Gasteiger partial charge in [-0.1, -0.05) is 5.57 Å². The molecule has 0 heterocycles. The number of hydrogen-bond donors (Lipinski definition) is 1. The molecule has 0 saturated carbocycles. The van der Waals surface area contributed by atoms with Crippen molar-refractivity contribution in [2.75, 3.05) is 7.11 Å². The Morgan fingerprint density at radius 3 is 2.62 bits per heavy atom. The van der Waals surface area contributed by atoms with Gasteiger partial charge in [0.2, 0.25) is 0 Å². The standard InChI is InChI=1S/C12H15F2NO/c1-7(2)6-9(15)11-8(13)4-5-10(16-3)12(11)14/h4-5,9H,1,6,15H2,2-3H3/t9-/m1/s1. The summed E-state index contributed by atoms with van der Waals surface area (Å²) in [5, 5.41) is 0. The molecule has 16 heavy (non-hydrogen) atoms. The second kappa shape index (κ2) is 5.07. The van der Waals surface area contributed by atoms with Gasteiger partial charge >= 0.3 is 0 Å². The van der Waals surface area contributed by atoms with E-state index in [1.165, 1.54) is 13.2 Å². The van der Waals surface area contributed by atoms with Crippen LogP contribution in [0.4, 0.5) is 8.78 Å². The lowest BCUT2D eigenvalue weighted by atomic mass is 10.00. The fourth-order valence-corrected chi connectivity index (χ4v) is 1.52. The van der Waals surface area contributed by atoms with Crippen LogP contribution in [0.1, 0.15) is 24.9 Å². The predicted octanol–water partition coefficient (Wildman–Crippen LogP) is 2.94. The van der Waals surface area contributed by atoms with Crippen molar-refractivity contribution >= 4 is 0 Å². The number of rotatable bonds is 4. The number of benzene rings is 1. The Morgan fingerprint density at radius 2 is 2.12 bits per heavy atom. The average Bonchev–Trinajstić information content (AvgIpc) is 2.16. The molecule has 1 atom stereocenters. The van der Waals surface area contributed by atoms with Gasteiger partial charge in [0.05, 0.1) is 7.11 Å². The molecule has 0 aliphatic carbocycles. The van der Waals surface area contributed by atoms with E-state index in [0.29, 0.717) is 6.42 Å². The SMILES string of the molecule is C=C(C)C[C@@H](N)c1c(F)ccc(OC)c1F. The average molecular weight is 227 g/mol. The van der Waals surface area contributed by atoms with Crippen molar-refractivity contribution in [2.45, 2.75) is 19.4 Å². The summed E-state index contributed by atoms with van der Waals surface area (Å²) >= 11 is 0. The van der Waals surface area contributed by atoms with Gasteiger partial charge in [0, 0.05) is 11.6 Å². The van der Waals surface area contributed by atoms with E-state index in [9.17, 15) is 8.78 Å². The highest BCUT2D eigenvalue weighted by Crippen LogP contribution is 2.29. The Balaban J connectivity index is 3.15. The van der Waals surface area contributed by atoms with Crippen molar-refractivity contribution in [1.29, 1.82) is 0 Å². The van der Waals surface area contributed by atoms with Crippen LogP contribution < -0.4 is 10.5 Å². The first-order valence-corrected chi connectivity index (χ1v) is 4.89. The van der Waals surface area contributed by atoms with Crippen LogP contribution in [0, 0.1) is 11.6 Å². The Labute approximate surface area is 93.7 Å². The normalized spacial score (nSPS) is 12.3. The zero-order chi connectivity index (χ0) is 12.3. The highest BCUT2D eigenvalue weighted by molar-refractivity contribution is 5.34. The van der Waals surface area contributed by atoms with Crippen molar-refractivity contribution in [1.82, 2.24) is 0 Å². The third kappa shape index (κ3) is 2.58. The van der Waals surface area contributed by atoms with Crippen LogP contribution in [0.25, 0.3) is 0 Å². The maximum absolute atomic E-state index is 13.8. The Hall–Kier alpha value is -1.42. The third-order valence-electron chi connectivity index (χ3n) is 2.25. The van der Waals surface area contributed by atoms with E-state index in [-0.39, 0.29) is 11.3 Å². The largest absolute Gasteiger partial charge is 0.494 e. The summed E-state index contributed by atoms with van der Waals surface area (Å²) in [4.78, 5) is 0. The van der Waals surface area contributed by atoms with Gasteiger partial charge in [-0.2, -0.15) is 0 Å². The molecular weight excluding hydrogens is 212 g/mol. The molecule has 0 bridgehead atoms. The molecule has 0 fully saturated rings. The summed E-state index contributed by atoms with van der Waals surface area (Å²) in [7, 11) is 1.32. The molecule has 1 aromatic carbocycles. The Bertz CT molecular complexity index is 404. The van der Waals surface area contributed by atoms with E-state index in [2.05, 4.69) is 6.58 Å². The predicted molar refractivity (Wildman–Crippen MR) is 59.3 cm³/mol. The third-order valence-corrected chi connectivity index (χ3v) is 2.25. The molecule has 2 nitrogen and oxygen atoms in total. The van der Waals surface area contributed by atoms with E-state index >= 15 is 0 Å². The van der Waals surface area contributed by atoms with Crippen LogP contribution in [0.15, 0.2) is 24.3 Å². The van der Waals surface area contributed by atoms with Gasteiger partial charge < -0.3 is 10.5 Å². The molecule has 4 heteroatoms. The summed E-state index contributed by atoms with van der Waals surface area (Å²) in [6.07, 6.45) is 0.334. The van der Waals surface area contributed by atoms with Gasteiger partial charge in [-0.25, -0.2) is 8.78 Å². The van der Waals surface area contributed by atoms with Gasteiger partial charge in [-0.15, -0.1) is 6.58 Å². The molecule has 0 unspecified atom stereocenters. The highest BCUT2D eigenvalue weighted by atomic mass is 19.1. The molecule has 0 amide bonds. The lowest BCUT2D eigenvalue weighted by Crippen LogP contribution is -2.15. The zero-order valence-electron chi connectivity index (χ0n) is 9.39. The molecule has 0 radical (unpaired) electrons. The van der Waals surface area contributed by atoms with Gasteiger partial charge in [-0.05, 0) is 25.5 Å². The number of methoxy groups -OCH3 is 1. The molecule has 1 rings (SSSR count). The summed E-state index contributed by atoms with van der Waals surface area (Å²) in [6.45, 7) is 5.43. The summed E-state index contributed by atoms with van der Waals surface area (Å²) < 4.78 is 32.0.